The third-order valence-corrected chi connectivity index (χ3v) is 3.76. The van der Waals surface area contributed by atoms with Crippen molar-refractivity contribution in [2.75, 3.05) is 23.3 Å². The summed E-state index contributed by atoms with van der Waals surface area (Å²) in [6.07, 6.45) is 5.50. The number of carbonyl (C=O) groups is 1. The van der Waals surface area contributed by atoms with Gasteiger partial charge in [-0.1, -0.05) is 0 Å². The summed E-state index contributed by atoms with van der Waals surface area (Å²) in [7, 11) is 0. The topological polar surface area (TPSA) is 45.2 Å². The molecule has 1 saturated heterocycles. The third-order valence-electron chi connectivity index (χ3n) is 3.76. The molecule has 0 atom stereocenters. The van der Waals surface area contributed by atoms with Crippen molar-refractivity contribution >= 4 is 28.2 Å². The van der Waals surface area contributed by atoms with Crippen LogP contribution < -0.4 is 10.2 Å². The van der Waals surface area contributed by atoms with Crippen molar-refractivity contribution in [2.45, 2.75) is 26.2 Å². The lowest BCUT2D eigenvalue weighted by atomic mass is 10.1. The number of amides is 1. The molecular weight excluding hydrogens is 250 g/mol. The van der Waals surface area contributed by atoms with Gasteiger partial charge in [-0.25, -0.2) is 0 Å². The number of rotatable bonds is 2. The lowest BCUT2D eigenvalue weighted by Gasteiger charge is -2.31. The van der Waals surface area contributed by atoms with Crippen LogP contribution in [-0.2, 0) is 4.79 Å². The van der Waals surface area contributed by atoms with E-state index in [0.717, 1.165) is 35.4 Å². The summed E-state index contributed by atoms with van der Waals surface area (Å²) in [6, 6.07) is 8.03. The van der Waals surface area contributed by atoms with E-state index in [4.69, 9.17) is 0 Å². The van der Waals surface area contributed by atoms with E-state index in [1.165, 1.54) is 19.3 Å². The molecule has 4 nitrogen and oxygen atoms in total. The van der Waals surface area contributed by atoms with E-state index in [2.05, 4.69) is 21.3 Å². The molecule has 0 unspecified atom stereocenters. The first-order chi connectivity index (χ1) is 9.75. The van der Waals surface area contributed by atoms with Crippen LogP contribution in [0, 0.1) is 0 Å². The summed E-state index contributed by atoms with van der Waals surface area (Å²) in [5, 5.41) is 4.00. The second-order valence-electron chi connectivity index (χ2n) is 5.26. The Hall–Kier alpha value is -2.10. The Balaban J connectivity index is 2.11. The van der Waals surface area contributed by atoms with Crippen molar-refractivity contribution in [1.29, 1.82) is 0 Å². The maximum atomic E-state index is 11.5. The second-order valence-corrected chi connectivity index (χ2v) is 5.26. The van der Waals surface area contributed by atoms with E-state index in [9.17, 15) is 4.79 Å². The first-order valence-electron chi connectivity index (χ1n) is 7.16. The van der Waals surface area contributed by atoms with E-state index < -0.39 is 0 Å². The molecule has 0 spiro atoms. The third kappa shape index (κ3) is 2.46. The molecule has 3 rings (SSSR count). The number of fused-ring (bicyclic) bond motifs is 1. The van der Waals surface area contributed by atoms with Crippen molar-refractivity contribution in [3.63, 3.8) is 0 Å². The van der Waals surface area contributed by atoms with E-state index >= 15 is 0 Å². The van der Waals surface area contributed by atoms with Crippen molar-refractivity contribution in [2.24, 2.45) is 0 Å². The first kappa shape index (κ1) is 12.9. The quantitative estimate of drug-likeness (QED) is 0.910. The highest BCUT2D eigenvalue weighted by Gasteiger charge is 2.17. The van der Waals surface area contributed by atoms with Crippen molar-refractivity contribution in [3.05, 3.63) is 30.5 Å². The number of benzene rings is 1. The molecule has 0 bridgehead atoms. The Morgan fingerprint density at radius 2 is 2.00 bits per heavy atom. The van der Waals surface area contributed by atoms with Crippen LogP contribution in [0.4, 0.5) is 11.4 Å². The fourth-order valence-corrected chi connectivity index (χ4v) is 2.85. The predicted octanol–water partition coefficient (Wildman–Crippen LogP) is 3.18. The fourth-order valence-electron chi connectivity index (χ4n) is 2.85. The van der Waals surface area contributed by atoms with Gasteiger partial charge < -0.3 is 10.2 Å². The number of nitrogens with one attached hydrogen (secondary N) is 1. The van der Waals surface area contributed by atoms with Crippen molar-refractivity contribution in [3.8, 4) is 0 Å². The van der Waals surface area contributed by atoms with Gasteiger partial charge in [0.1, 0.15) is 0 Å². The second kappa shape index (κ2) is 5.49. The van der Waals surface area contributed by atoms with Crippen LogP contribution in [0.3, 0.4) is 0 Å². The number of hydrogen-bond acceptors (Lipinski definition) is 3. The Bertz CT molecular complexity index is 633. The summed E-state index contributed by atoms with van der Waals surface area (Å²) in [4.78, 5) is 18.3. The molecule has 20 heavy (non-hydrogen) atoms. The molecule has 2 heterocycles. The van der Waals surface area contributed by atoms with Gasteiger partial charge in [0.2, 0.25) is 5.91 Å². The molecule has 0 saturated carbocycles. The zero-order chi connectivity index (χ0) is 13.9. The molecule has 0 radical (unpaired) electrons. The number of pyridine rings is 1. The Labute approximate surface area is 118 Å². The number of hydrogen-bond donors (Lipinski definition) is 1. The molecule has 1 aliphatic heterocycles. The minimum Gasteiger partial charge on any atom is -0.370 e. The van der Waals surface area contributed by atoms with Gasteiger partial charge in [-0.05, 0) is 43.5 Å². The standard InChI is InChI=1S/C16H19N3O/c1-12(20)18-16-13-6-5-9-17-14(13)7-8-15(16)19-10-3-2-4-11-19/h5-9H,2-4,10-11H2,1H3,(H,18,20). The highest BCUT2D eigenvalue weighted by molar-refractivity contribution is 6.05. The molecule has 1 aromatic heterocycles. The molecule has 1 aromatic carbocycles. The van der Waals surface area contributed by atoms with Crippen molar-refractivity contribution < 1.29 is 4.79 Å². The number of carbonyl (C=O) groups excluding carboxylic acids is 1. The van der Waals surface area contributed by atoms with Gasteiger partial charge in [0, 0.05) is 31.6 Å². The summed E-state index contributed by atoms with van der Waals surface area (Å²) in [5.74, 6) is -0.0420. The van der Waals surface area contributed by atoms with Gasteiger partial charge in [0.15, 0.2) is 0 Å². The molecule has 0 aliphatic carbocycles. The SMILES string of the molecule is CC(=O)Nc1c(N2CCCCC2)ccc2ncccc12. The lowest BCUT2D eigenvalue weighted by molar-refractivity contribution is -0.114. The van der Waals surface area contributed by atoms with Gasteiger partial charge in [0.05, 0.1) is 16.9 Å². The smallest absolute Gasteiger partial charge is 0.221 e. The van der Waals surface area contributed by atoms with Gasteiger partial charge >= 0.3 is 0 Å². The van der Waals surface area contributed by atoms with E-state index in [0.29, 0.717) is 0 Å². The van der Waals surface area contributed by atoms with Crippen LogP contribution >= 0.6 is 0 Å². The van der Waals surface area contributed by atoms with Crippen molar-refractivity contribution in [1.82, 2.24) is 4.98 Å². The number of aromatic nitrogens is 1. The van der Waals surface area contributed by atoms with E-state index in [-0.39, 0.29) is 5.91 Å². The maximum absolute atomic E-state index is 11.5. The molecule has 2 aromatic rings. The highest BCUT2D eigenvalue weighted by Crippen LogP contribution is 2.34. The molecule has 1 amide bonds. The van der Waals surface area contributed by atoms with Gasteiger partial charge in [-0.15, -0.1) is 0 Å². The summed E-state index contributed by atoms with van der Waals surface area (Å²) in [6.45, 7) is 3.66. The van der Waals surface area contributed by atoms with Crippen LogP contribution in [0.2, 0.25) is 0 Å². The highest BCUT2D eigenvalue weighted by atomic mass is 16.1. The average molecular weight is 269 g/mol. The molecule has 1 fully saturated rings. The van der Waals surface area contributed by atoms with Crippen LogP contribution in [-0.4, -0.2) is 24.0 Å². The van der Waals surface area contributed by atoms with Crippen LogP contribution in [0.5, 0.6) is 0 Å². The Morgan fingerprint density at radius 3 is 2.75 bits per heavy atom. The number of anilines is 2. The average Bonchev–Trinajstić information content (AvgIpc) is 2.48. The van der Waals surface area contributed by atoms with E-state index in [1.807, 2.05) is 18.2 Å². The fraction of sp³-hybridized carbons (Fsp3) is 0.375. The predicted molar refractivity (Wildman–Crippen MR) is 82.1 cm³/mol. The zero-order valence-electron chi connectivity index (χ0n) is 11.7. The van der Waals surface area contributed by atoms with Gasteiger partial charge in [-0.2, -0.15) is 0 Å². The zero-order valence-corrected chi connectivity index (χ0v) is 11.7. The summed E-state index contributed by atoms with van der Waals surface area (Å²) >= 11 is 0. The summed E-state index contributed by atoms with van der Waals surface area (Å²) in [5.41, 5.74) is 2.92. The number of nitrogens with zero attached hydrogens (tertiary/aromatic N) is 2. The monoisotopic (exact) mass is 269 g/mol. The minimum absolute atomic E-state index is 0.0420. The molecule has 4 heteroatoms. The molecule has 104 valence electrons. The molecule has 1 aliphatic rings. The molecular formula is C16H19N3O. The Kier molecular flexibility index (Phi) is 3.54. The van der Waals surface area contributed by atoms with E-state index in [1.54, 1.807) is 13.1 Å². The normalized spacial score (nSPS) is 15.3. The van der Waals surface area contributed by atoms with Gasteiger partial charge in [0.25, 0.3) is 0 Å². The van der Waals surface area contributed by atoms with Crippen LogP contribution in [0.1, 0.15) is 26.2 Å². The van der Waals surface area contributed by atoms with Gasteiger partial charge in [-0.3, -0.25) is 9.78 Å². The largest absolute Gasteiger partial charge is 0.370 e. The van der Waals surface area contributed by atoms with Crippen LogP contribution in [0.15, 0.2) is 30.5 Å². The lowest BCUT2D eigenvalue weighted by Crippen LogP contribution is -2.30. The number of piperidine rings is 1. The first-order valence-corrected chi connectivity index (χ1v) is 7.16. The molecule has 1 N–H and O–H groups in total. The van der Waals surface area contributed by atoms with Crippen LogP contribution in [0.25, 0.3) is 10.9 Å². The Morgan fingerprint density at radius 1 is 1.20 bits per heavy atom. The maximum Gasteiger partial charge on any atom is 0.221 e. The minimum atomic E-state index is -0.0420. The summed E-state index contributed by atoms with van der Waals surface area (Å²) < 4.78 is 0.